The third-order valence-corrected chi connectivity index (χ3v) is 1.71. The molecule has 0 radical (unpaired) electrons. The van der Waals surface area contributed by atoms with Crippen LogP contribution >= 0.6 is 0 Å². The van der Waals surface area contributed by atoms with Crippen molar-refractivity contribution in [3.63, 3.8) is 0 Å². The second kappa shape index (κ2) is 2.54. The van der Waals surface area contributed by atoms with Crippen LogP contribution in [0.25, 0.3) is 0 Å². The highest BCUT2D eigenvalue weighted by Gasteiger charge is 2.16. The van der Waals surface area contributed by atoms with Crippen LogP contribution in [0, 0.1) is 0 Å². The van der Waals surface area contributed by atoms with Crippen molar-refractivity contribution in [2.75, 3.05) is 0 Å². The number of alkyl halides is 1. The fraction of sp³-hybridized carbons (Fsp3) is 0.500. The predicted molar refractivity (Wildman–Crippen MR) is 40.4 cm³/mol. The first-order valence-corrected chi connectivity index (χ1v) is 3.37. The van der Waals surface area contributed by atoms with Gasteiger partial charge in [0.1, 0.15) is 6.17 Å². The summed E-state index contributed by atoms with van der Waals surface area (Å²) in [5.74, 6) is 0. The summed E-state index contributed by atoms with van der Waals surface area (Å²) in [7, 11) is 0. The molecule has 0 spiro atoms. The molecule has 0 saturated carbocycles. The molecule has 0 bridgehead atoms. The fourth-order valence-corrected chi connectivity index (χ4v) is 1.18. The molecule has 1 aliphatic rings. The molecule has 1 nitrogen and oxygen atoms in total. The van der Waals surface area contributed by atoms with E-state index >= 15 is 0 Å². The number of nitrogens with two attached hydrogens (primary N) is 1. The smallest absolute Gasteiger partial charge is 0.142 e. The van der Waals surface area contributed by atoms with E-state index in [-0.39, 0.29) is 6.04 Å². The van der Waals surface area contributed by atoms with Gasteiger partial charge >= 0.3 is 0 Å². The van der Waals surface area contributed by atoms with Gasteiger partial charge in [0.25, 0.3) is 0 Å². The summed E-state index contributed by atoms with van der Waals surface area (Å²) in [5.41, 5.74) is 7.02. The minimum atomic E-state index is -0.903. The zero-order valence-corrected chi connectivity index (χ0v) is 6.26. The Morgan fingerprint density at radius 2 is 1.70 bits per heavy atom. The number of halogens is 1. The van der Waals surface area contributed by atoms with E-state index in [2.05, 4.69) is 0 Å². The molecule has 0 atom stereocenters. The Kier molecular flexibility index (Phi) is 1.90. The second-order valence-electron chi connectivity index (χ2n) is 2.76. The predicted octanol–water partition coefficient (Wildman–Crippen LogP) is 1.56. The lowest BCUT2D eigenvalue weighted by molar-refractivity contribution is 0.423. The maximum atomic E-state index is 13.0. The highest BCUT2D eigenvalue weighted by atomic mass is 19.1. The Labute approximate surface area is 60.4 Å². The van der Waals surface area contributed by atoms with Crippen LogP contribution in [-0.4, -0.2) is 12.2 Å². The maximum absolute atomic E-state index is 13.0. The molecule has 10 heavy (non-hydrogen) atoms. The molecule has 0 unspecified atom stereocenters. The highest BCUT2D eigenvalue weighted by Crippen LogP contribution is 2.20. The van der Waals surface area contributed by atoms with Crippen LogP contribution in [0.1, 0.15) is 13.8 Å². The van der Waals surface area contributed by atoms with E-state index < -0.39 is 6.17 Å². The van der Waals surface area contributed by atoms with E-state index in [4.69, 9.17) is 5.73 Å². The van der Waals surface area contributed by atoms with E-state index in [1.807, 2.05) is 0 Å². The second-order valence-corrected chi connectivity index (χ2v) is 2.76. The minimum absolute atomic E-state index is 0.0907. The van der Waals surface area contributed by atoms with E-state index in [1.165, 1.54) is 0 Å². The van der Waals surface area contributed by atoms with Crippen LogP contribution in [0.2, 0.25) is 0 Å². The van der Waals surface area contributed by atoms with Gasteiger partial charge in [-0.1, -0.05) is 12.2 Å². The van der Waals surface area contributed by atoms with Crippen molar-refractivity contribution in [2.24, 2.45) is 5.73 Å². The molecule has 2 N–H and O–H groups in total. The number of hydrogen-bond donors (Lipinski definition) is 1. The van der Waals surface area contributed by atoms with Gasteiger partial charge in [-0.05, 0) is 25.0 Å². The van der Waals surface area contributed by atoms with Crippen LogP contribution in [0.15, 0.2) is 23.3 Å². The molecule has 0 aromatic carbocycles. The molecule has 56 valence electrons. The average molecular weight is 141 g/mol. The molecule has 1 rings (SSSR count). The van der Waals surface area contributed by atoms with E-state index in [9.17, 15) is 4.39 Å². The number of rotatable bonds is 0. The normalized spacial score (nSPS) is 33.2. The van der Waals surface area contributed by atoms with Crippen molar-refractivity contribution < 1.29 is 4.39 Å². The van der Waals surface area contributed by atoms with Crippen LogP contribution < -0.4 is 5.73 Å². The maximum Gasteiger partial charge on any atom is 0.142 e. The van der Waals surface area contributed by atoms with Crippen molar-refractivity contribution in [1.82, 2.24) is 0 Å². The molecule has 1 aliphatic carbocycles. The van der Waals surface area contributed by atoms with Crippen molar-refractivity contribution in [3.8, 4) is 0 Å². The molecule has 0 amide bonds. The van der Waals surface area contributed by atoms with Crippen molar-refractivity contribution in [2.45, 2.75) is 26.1 Å². The zero-order valence-electron chi connectivity index (χ0n) is 6.26. The standard InChI is InChI=1S/C8H12FN/c1-5-3-7(10)4-6(2)8(5)9/h3-4,7-8H,10H2,1-2H3. The fourth-order valence-electron chi connectivity index (χ4n) is 1.18. The van der Waals surface area contributed by atoms with E-state index in [0.717, 1.165) is 11.1 Å². The van der Waals surface area contributed by atoms with Crippen molar-refractivity contribution in [1.29, 1.82) is 0 Å². The molecular formula is C8H12FN. The van der Waals surface area contributed by atoms with Crippen LogP contribution in [-0.2, 0) is 0 Å². The number of hydrogen-bond acceptors (Lipinski definition) is 1. The Balaban J connectivity index is 2.83. The molecule has 2 heteroatoms. The van der Waals surface area contributed by atoms with E-state index in [1.54, 1.807) is 26.0 Å². The summed E-state index contributed by atoms with van der Waals surface area (Å²) in [6, 6.07) is -0.0907. The quantitative estimate of drug-likeness (QED) is 0.509. The van der Waals surface area contributed by atoms with Crippen LogP contribution in [0.5, 0.6) is 0 Å². The monoisotopic (exact) mass is 141 g/mol. The number of allylic oxidation sites excluding steroid dienone is 2. The zero-order chi connectivity index (χ0) is 7.72. The minimum Gasteiger partial charge on any atom is -0.321 e. The summed E-state index contributed by atoms with van der Waals surface area (Å²) in [4.78, 5) is 0. The first-order valence-electron chi connectivity index (χ1n) is 3.37. The Hall–Kier alpha value is -0.630. The summed E-state index contributed by atoms with van der Waals surface area (Å²) >= 11 is 0. The van der Waals surface area contributed by atoms with Crippen LogP contribution in [0.4, 0.5) is 4.39 Å². The molecule has 0 aliphatic heterocycles. The molecule has 0 fully saturated rings. The molecular weight excluding hydrogens is 129 g/mol. The largest absolute Gasteiger partial charge is 0.321 e. The lowest BCUT2D eigenvalue weighted by Gasteiger charge is -2.17. The molecule has 0 aromatic rings. The van der Waals surface area contributed by atoms with Gasteiger partial charge in [0, 0.05) is 6.04 Å². The van der Waals surface area contributed by atoms with Crippen LogP contribution in [0.3, 0.4) is 0 Å². The van der Waals surface area contributed by atoms with Crippen molar-refractivity contribution in [3.05, 3.63) is 23.3 Å². The Morgan fingerprint density at radius 1 is 1.30 bits per heavy atom. The third-order valence-electron chi connectivity index (χ3n) is 1.71. The van der Waals surface area contributed by atoms with Gasteiger partial charge in [-0.15, -0.1) is 0 Å². The lowest BCUT2D eigenvalue weighted by Crippen LogP contribution is -2.22. The van der Waals surface area contributed by atoms with E-state index in [0.29, 0.717) is 0 Å². The Morgan fingerprint density at radius 3 is 2.10 bits per heavy atom. The summed E-state index contributed by atoms with van der Waals surface area (Å²) in [6.07, 6.45) is 2.59. The first kappa shape index (κ1) is 7.48. The first-order chi connectivity index (χ1) is 4.61. The van der Waals surface area contributed by atoms with Gasteiger partial charge in [-0.2, -0.15) is 0 Å². The van der Waals surface area contributed by atoms with Gasteiger partial charge in [0.15, 0.2) is 0 Å². The average Bonchev–Trinajstić information content (AvgIpc) is 1.82. The molecule has 0 heterocycles. The van der Waals surface area contributed by atoms with Gasteiger partial charge in [0.2, 0.25) is 0 Å². The summed E-state index contributed by atoms with van der Waals surface area (Å²) in [6.45, 7) is 3.53. The van der Waals surface area contributed by atoms with Gasteiger partial charge in [0.05, 0.1) is 0 Å². The summed E-state index contributed by atoms with van der Waals surface area (Å²) < 4.78 is 13.0. The van der Waals surface area contributed by atoms with Gasteiger partial charge < -0.3 is 5.73 Å². The topological polar surface area (TPSA) is 26.0 Å². The van der Waals surface area contributed by atoms with Gasteiger partial charge in [-0.3, -0.25) is 0 Å². The molecule has 0 aromatic heterocycles. The van der Waals surface area contributed by atoms with Crippen molar-refractivity contribution >= 4 is 0 Å². The third kappa shape index (κ3) is 1.27. The SMILES string of the molecule is CC1=CC(N)C=C(C)C1F. The lowest BCUT2D eigenvalue weighted by atomic mass is 9.96. The Bertz CT molecular complexity index is 173. The van der Waals surface area contributed by atoms with Gasteiger partial charge in [-0.25, -0.2) is 4.39 Å². The highest BCUT2D eigenvalue weighted by molar-refractivity contribution is 5.30. The summed E-state index contributed by atoms with van der Waals surface area (Å²) in [5, 5.41) is 0. The molecule has 0 saturated heterocycles.